The molecule has 152 valence electrons. The van der Waals surface area contributed by atoms with Crippen molar-refractivity contribution in [3.05, 3.63) is 58.9 Å². The van der Waals surface area contributed by atoms with Crippen molar-refractivity contribution in [2.75, 3.05) is 25.0 Å². The van der Waals surface area contributed by atoms with Crippen molar-refractivity contribution in [2.24, 2.45) is 5.92 Å². The molecule has 3 N–H and O–H groups in total. The summed E-state index contributed by atoms with van der Waals surface area (Å²) in [4.78, 5) is 24.3. The Morgan fingerprint density at radius 2 is 1.97 bits per heavy atom. The molecule has 2 heterocycles. The van der Waals surface area contributed by atoms with Gasteiger partial charge >= 0.3 is 6.03 Å². The Morgan fingerprint density at radius 1 is 1.21 bits per heavy atom. The lowest BCUT2D eigenvalue weighted by molar-refractivity contribution is -0.122. The highest BCUT2D eigenvalue weighted by molar-refractivity contribution is 5.90. The van der Waals surface area contributed by atoms with Crippen LogP contribution in [0, 0.1) is 23.4 Å². The molecule has 0 saturated carbocycles. The summed E-state index contributed by atoms with van der Waals surface area (Å²) < 4.78 is 47.7. The van der Waals surface area contributed by atoms with Gasteiger partial charge in [-0.2, -0.15) is 0 Å². The van der Waals surface area contributed by atoms with Crippen molar-refractivity contribution in [2.45, 2.75) is 12.3 Å². The van der Waals surface area contributed by atoms with Gasteiger partial charge in [0.05, 0.1) is 12.5 Å². The number of benzene rings is 2. The number of ether oxygens (including phenoxy) is 1. The predicted octanol–water partition coefficient (Wildman–Crippen LogP) is 2.69. The minimum atomic E-state index is -0.835. The van der Waals surface area contributed by atoms with Crippen molar-refractivity contribution in [1.82, 2.24) is 10.6 Å². The van der Waals surface area contributed by atoms with E-state index in [9.17, 15) is 22.8 Å². The summed E-state index contributed by atoms with van der Waals surface area (Å²) in [6.45, 7) is 0.236. The highest BCUT2D eigenvalue weighted by Crippen LogP contribution is 2.38. The first-order chi connectivity index (χ1) is 13.9. The van der Waals surface area contributed by atoms with Gasteiger partial charge in [-0.3, -0.25) is 4.79 Å². The van der Waals surface area contributed by atoms with Crippen LogP contribution in [0.15, 0.2) is 30.3 Å². The molecule has 1 saturated heterocycles. The van der Waals surface area contributed by atoms with Crippen molar-refractivity contribution in [3.8, 4) is 5.75 Å². The van der Waals surface area contributed by atoms with E-state index in [1.165, 1.54) is 24.3 Å². The quantitative estimate of drug-likeness (QED) is 0.732. The average Bonchev–Trinajstić information content (AvgIpc) is 3.29. The first-order valence-corrected chi connectivity index (χ1v) is 9.15. The van der Waals surface area contributed by atoms with E-state index < -0.39 is 41.2 Å². The molecule has 1 fully saturated rings. The first-order valence-electron chi connectivity index (χ1n) is 9.15. The fourth-order valence-electron chi connectivity index (χ4n) is 3.74. The van der Waals surface area contributed by atoms with Crippen LogP contribution in [0.1, 0.15) is 17.0 Å². The lowest BCUT2D eigenvalue weighted by Crippen LogP contribution is -2.37. The molecule has 2 aliphatic rings. The number of amides is 3. The molecule has 6 nitrogen and oxygen atoms in total. The maximum absolute atomic E-state index is 14.9. The van der Waals surface area contributed by atoms with Gasteiger partial charge in [0.1, 0.15) is 23.2 Å². The average molecular weight is 405 g/mol. The highest BCUT2D eigenvalue weighted by Gasteiger charge is 2.40. The number of hydrogen-bond acceptors (Lipinski definition) is 3. The molecule has 4 rings (SSSR count). The topological polar surface area (TPSA) is 79.5 Å². The molecule has 3 amide bonds. The first kappa shape index (κ1) is 19.1. The van der Waals surface area contributed by atoms with E-state index in [0.29, 0.717) is 17.7 Å². The molecule has 0 radical (unpaired) electrons. The molecule has 2 aromatic rings. The Labute approximate surface area is 164 Å². The van der Waals surface area contributed by atoms with E-state index in [0.717, 1.165) is 6.07 Å². The Balaban J connectivity index is 1.48. The van der Waals surface area contributed by atoms with Crippen LogP contribution in [-0.4, -0.2) is 31.6 Å². The largest absolute Gasteiger partial charge is 0.493 e. The number of nitrogens with one attached hydrogen (secondary N) is 3. The van der Waals surface area contributed by atoms with Crippen LogP contribution in [0.2, 0.25) is 0 Å². The summed E-state index contributed by atoms with van der Waals surface area (Å²) in [6, 6.07) is 5.70. The number of rotatable bonds is 4. The van der Waals surface area contributed by atoms with Gasteiger partial charge in [0.15, 0.2) is 0 Å². The van der Waals surface area contributed by atoms with Crippen LogP contribution < -0.4 is 20.7 Å². The van der Waals surface area contributed by atoms with E-state index in [-0.39, 0.29) is 31.0 Å². The number of fused-ring (bicyclic) bond motifs is 1. The van der Waals surface area contributed by atoms with Gasteiger partial charge in [0.25, 0.3) is 0 Å². The van der Waals surface area contributed by atoms with Gasteiger partial charge in [-0.1, -0.05) is 0 Å². The molecule has 0 spiro atoms. The molecule has 2 atom stereocenters. The van der Waals surface area contributed by atoms with Crippen LogP contribution in [0.5, 0.6) is 5.75 Å². The molecule has 2 aliphatic heterocycles. The zero-order chi connectivity index (χ0) is 20.5. The van der Waals surface area contributed by atoms with Crippen LogP contribution >= 0.6 is 0 Å². The van der Waals surface area contributed by atoms with E-state index in [4.69, 9.17) is 4.74 Å². The second kappa shape index (κ2) is 7.65. The van der Waals surface area contributed by atoms with Gasteiger partial charge < -0.3 is 20.7 Å². The number of halogens is 3. The van der Waals surface area contributed by atoms with Gasteiger partial charge in [-0.15, -0.1) is 0 Å². The van der Waals surface area contributed by atoms with E-state index >= 15 is 0 Å². The number of carbonyl (C=O) groups is 2. The monoisotopic (exact) mass is 405 g/mol. The molecular formula is C20H18F3N3O3. The third-order valence-corrected chi connectivity index (χ3v) is 5.20. The van der Waals surface area contributed by atoms with Crippen molar-refractivity contribution in [1.29, 1.82) is 0 Å². The second-order valence-electron chi connectivity index (χ2n) is 6.96. The zero-order valence-electron chi connectivity index (χ0n) is 15.2. The van der Waals surface area contributed by atoms with E-state index in [2.05, 4.69) is 16.0 Å². The van der Waals surface area contributed by atoms with Crippen LogP contribution in [0.25, 0.3) is 0 Å². The summed E-state index contributed by atoms with van der Waals surface area (Å²) >= 11 is 0. The van der Waals surface area contributed by atoms with Crippen LogP contribution in [0.4, 0.5) is 23.7 Å². The van der Waals surface area contributed by atoms with Gasteiger partial charge in [-0.05, 0) is 24.3 Å². The SMILES string of the molecule is O=C(NCC1C(=O)NC[C@H]1c1c(F)cc2c(c1F)CCO2)Nc1ccc(F)cc1. The highest BCUT2D eigenvalue weighted by atomic mass is 19.1. The lowest BCUT2D eigenvalue weighted by Gasteiger charge is -2.20. The summed E-state index contributed by atoms with van der Waals surface area (Å²) in [5.74, 6) is -3.71. The Bertz CT molecular complexity index is 966. The summed E-state index contributed by atoms with van der Waals surface area (Å²) in [6.07, 6.45) is 0.339. The third kappa shape index (κ3) is 3.72. The molecule has 1 unspecified atom stereocenters. The maximum Gasteiger partial charge on any atom is 0.319 e. The molecule has 0 aliphatic carbocycles. The standard InChI is InChI=1S/C20H18F3N3O3/c21-10-1-3-11(4-2-10)26-20(28)25-9-14-13(8-24-19(14)27)17-15(22)7-16-12(18(17)23)5-6-29-16/h1-4,7,13-14H,5-6,8-9H2,(H,24,27)(H2,25,26,28)/t13-,14?/m1/s1. The number of hydrogen-bond donors (Lipinski definition) is 3. The molecule has 29 heavy (non-hydrogen) atoms. The Hall–Kier alpha value is -3.23. The van der Waals surface area contributed by atoms with Crippen molar-refractivity contribution in [3.63, 3.8) is 0 Å². The molecule has 2 aromatic carbocycles. The Morgan fingerprint density at radius 3 is 2.72 bits per heavy atom. The number of anilines is 1. The summed E-state index contributed by atoms with van der Waals surface area (Å²) in [5, 5.41) is 7.64. The van der Waals surface area contributed by atoms with Crippen molar-refractivity contribution < 1.29 is 27.5 Å². The predicted molar refractivity (Wildman–Crippen MR) is 98.2 cm³/mol. The molecule has 0 bridgehead atoms. The van der Waals surface area contributed by atoms with E-state index in [1.807, 2.05) is 0 Å². The maximum atomic E-state index is 14.9. The normalized spacial score (nSPS) is 20.0. The van der Waals surface area contributed by atoms with Crippen molar-refractivity contribution >= 4 is 17.6 Å². The van der Waals surface area contributed by atoms with E-state index in [1.54, 1.807) is 0 Å². The third-order valence-electron chi connectivity index (χ3n) is 5.20. The Kier molecular flexibility index (Phi) is 5.04. The minimum Gasteiger partial charge on any atom is -0.493 e. The van der Waals surface area contributed by atoms with Crippen LogP contribution in [0.3, 0.4) is 0 Å². The lowest BCUT2D eigenvalue weighted by atomic mass is 9.86. The zero-order valence-corrected chi connectivity index (χ0v) is 15.2. The minimum absolute atomic E-state index is 0.0677. The van der Waals surface area contributed by atoms with Gasteiger partial charge in [0.2, 0.25) is 5.91 Å². The fourth-order valence-corrected chi connectivity index (χ4v) is 3.74. The summed E-state index contributed by atoms with van der Waals surface area (Å²) in [5.41, 5.74) is 0.506. The molecule has 0 aromatic heterocycles. The number of carbonyl (C=O) groups excluding carboxylic acids is 2. The van der Waals surface area contributed by atoms with Gasteiger partial charge in [0, 0.05) is 48.3 Å². The smallest absolute Gasteiger partial charge is 0.319 e. The molecule has 9 heteroatoms. The van der Waals surface area contributed by atoms with Crippen LogP contribution in [-0.2, 0) is 11.2 Å². The summed E-state index contributed by atoms with van der Waals surface area (Å²) in [7, 11) is 0. The number of urea groups is 1. The fraction of sp³-hybridized carbons (Fsp3) is 0.300. The second-order valence-corrected chi connectivity index (χ2v) is 6.96. The molecular weight excluding hydrogens is 387 g/mol. The van der Waals surface area contributed by atoms with Gasteiger partial charge in [-0.25, -0.2) is 18.0 Å².